The summed E-state index contributed by atoms with van der Waals surface area (Å²) in [5.74, 6) is 0.170. The Hall–Kier alpha value is -3.39. The summed E-state index contributed by atoms with van der Waals surface area (Å²) >= 11 is 1.14. The molecule has 0 saturated carbocycles. The lowest BCUT2D eigenvalue weighted by Crippen LogP contribution is -2.17. The van der Waals surface area contributed by atoms with Crippen LogP contribution in [0.3, 0.4) is 0 Å². The van der Waals surface area contributed by atoms with Gasteiger partial charge >= 0.3 is 0 Å². The zero-order chi connectivity index (χ0) is 20.1. The molecule has 0 saturated heterocycles. The number of aliphatic imine (C=N–C) groups is 1. The average molecular weight is 416 g/mol. The lowest BCUT2D eigenvalue weighted by molar-refractivity contribution is 0.657. The lowest BCUT2D eigenvalue weighted by Gasteiger charge is -2.18. The largest absolute Gasteiger partial charge is 0.338 e. The maximum absolute atomic E-state index is 13.6. The van der Waals surface area contributed by atoms with Gasteiger partial charge in [-0.25, -0.2) is 4.98 Å². The monoisotopic (exact) mass is 416 g/mol. The number of thiophene rings is 1. The number of pyridine rings is 2. The van der Waals surface area contributed by atoms with Crippen LogP contribution in [-0.2, 0) is 6.42 Å². The van der Waals surface area contributed by atoms with Crippen molar-refractivity contribution in [3.8, 4) is 10.4 Å². The first-order valence-corrected chi connectivity index (χ1v) is 10.6. The Bertz CT molecular complexity index is 1330. The molecule has 4 aromatic rings. The fourth-order valence-corrected chi connectivity index (χ4v) is 4.85. The smallest absolute Gasteiger partial charge is 0.176 e. The normalized spacial score (nSPS) is 17.8. The summed E-state index contributed by atoms with van der Waals surface area (Å²) < 4.78 is 13.6. The van der Waals surface area contributed by atoms with E-state index in [0.717, 1.165) is 75.0 Å². The molecule has 4 aromatic heterocycles. The minimum Gasteiger partial charge on any atom is -0.338 e. The molecule has 6 heterocycles. The molecule has 0 amide bonds. The number of aromatic amines is 1. The fraction of sp³-hybridized carbons (Fsp3) is 0.182. The van der Waals surface area contributed by atoms with Crippen LogP contribution < -0.4 is 5.43 Å². The molecule has 0 bridgehead atoms. The Balaban J connectivity index is 1.46. The molecule has 6 nitrogen and oxygen atoms in total. The van der Waals surface area contributed by atoms with E-state index >= 15 is 0 Å². The zero-order valence-corrected chi connectivity index (χ0v) is 16.7. The van der Waals surface area contributed by atoms with Gasteiger partial charge in [0.15, 0.2) is 5.13 Å². The van der Waals surface area contributed by atoms with Crippen molar-refractivity contribution in [3.63, 3.8) is 0 Å². The number of aromatic nitrogens is 3. The minimum absolute atomic E-state index is 0.170. The Morgan fingerprint density at radius 2 is 2.07 bits per heavy atom. The SMILES string of the molecule is Fc1ccc(-c2ccnc3[nH]c(C4=NCCc5cnc(C6C=NNC6)cc54)cc23)s1. The van der Waals surface area contributed by atoms with Gasteiger partial charge in [-0.05, 0) is 42.3 Å². The third-order valence-corrected chi connectivity index (χ3v) is 6.48. The molecule has 2 aliphatic heterocycles. The number of hydrazone groups is 1. The van der Waals surface area contributed by atoms with Crippen LogP contribution in [0.5, 0.6) is 0 Å². The van der Waals surface area contributed by atoms with Crippen molar-refractivity contribution in [3.05, 3.63) is 70.4 Å². The number of fused-ring (bicyclic) bond motifs is 2. The highest BCUT2D eigenvalue weighted by atomic mass is 32.1. The summed E-state index contributed by atoms with van der Waals surface area (Å²) in [6.45, 7) is 1.48. The Morgan fingerprint density at radius 1 is 1.10 bits per heavy atom. The molecule has 2 aliphatic rings. The van der Waals surface area contributed by atoms with Gasteiger partial charge in [-0.15, -0.1) is 11.3 Å². The first-order chi connectivity index (χ1) is 14.8. The van der Waals surface area contributed by atoms with E-state index in [2.05, 4.69) is 37.6 Å². The van der Waals surface area contributed by atoms with Gasteiger partial charge in [0.05, 0.1) is 23.0 Å². The summed E-state index contributed by atoms with van der Waals surface area (Å²) in [4.78, 5) is 18.3. The van der Waals surface area contributed by atoms with E-state index in [9.17, 15) is 4.39 Å². The van der Waals surface area contributed by atoms with E-state index in [4.69, 9.17) is 4.99 Å². The molecular weight excluding hydrogens is 399 g/mol. The summed E-state index contributed by atoms with van der Waals surface area (Å²) in [6, 6.07) is 9.44. The maximum Gasteiger partial charge on any atom is 0.176 e. The van der Waals surface area contributed by atoms with E-state index in [-0.39, 0.29) is 11.0 Å². The van der Waals surface area contributed by atoms with Crippen molar-refractivity contribution in [2.45, 2.75) is 12.3 Å². The Labute approximate surface area is 175 Å². The number of hydrogen-bond donors (Lipinski definition) is 2. The zero-order valence-electron chi connectivity index (χ0n) is 15.9. The minimum atomic E-state index is -0.193. The average Bonchev–Trinajstić information content (AvgIpc) is 3.53. The fourth-order valence-electron chi connectivity index (χ4n) is 4.08. The molecule has 148 valence electrons. The van der Waals surface area contributed by atoms with Crippen LogP contribution in [0.2, 0.25) is 0 Å². The predicted molar refractivity (Wildman–Crippen MR) is 117 cm³/mol. The second-order valence-electron chi connectivity index (χ2n) is 7.40. The molecule has 30 heavy (non-hydrogen) atoms. The van der Waals surface area contributed by atoms with E-state index in [1.165, 1.54) is 11.6 Å². The molecule has 0 radical (unpaired) electrons. The van der Waals surface area contributed by atoms with Gasteiger partial charge in [0, 0.05) is 53.1 Å². The van der Waals surface area contributed by atoms with Crippen LogP contribution in [-0.4, -0.2) is 40.0 Å². The third-order valence-electron chi connectivity index (χ3n) is 5.58. The standard InChI is InChI=1S/C22H17FN6S/c23-20-2-1-19(30-20)14-4-6-25-22-16(14)8-18(29-22)21-15-7-17(13-10-27-28-11-13)26-9-12(15)3-5-24-21/h1-2,4,6-10,13,28H,3,5,11H2,(H,25,29). The van der Waals surface area contributed by atoms with Crippen molar-refractivity contribution < 1.29 is 4.39 Å². The molecule has 1 unspecified atom stereocenters. The van der Waals surface area contributed by atoms with Crippen molar-refractivity contribution in [2.75, 3.05) is 13.1 Å². The molecule has 0 aromatic carbocycles. The Morgan fingerprint density at radius 3 is 2.90 bits per heavy atom. The van der Waals surface area contributed by atoms with Gasteiger partial charge < -0.3 is 10.4 Å². The lowest BCUT2D eigenvalue weighted by atomic mass is 9.94. The van der Waals surface area contributed by atoms with Crippen molar-refractivity contribution in [2.24, 2.45) is 10.1 Å². The van der Waals surface area contributed by atoms with Crippen LogP contribution in [0.15, 0.2) is 52.8 Å². The van der Waals surface area contributed by atoms with Crippen LogP contribution in [0, 0.1) is 5.13 Å². The summed E-state index contributed by atoms with van der Waals surface area (Å²) in [5, 5.41) is 4.88. The van der Waals surface area contributed by atoms with Gasteiger partial charge in [0.2, 0.25) is 0 Å². The van der Waals surface area contributed by atoms with E-state index in [1.54, 1.807) is 6.20 Å². The van der Waals surface area contributed by atoms with Gasteiger partial charge in [0.1, 0.15) is 5.65 Å². The number of nitrogens with zero attached hydrogens (tertiary/aromatic N) is 4. The van der Waals surface area contributed by atoms with Gasteiger partial charge in [0.25, 0.3) is 0 Å². The first-order valence-electron chi connectivity index (χ1n) is 9.80. The number of H-pyrrole nitrogens is 1. The van der Waals surface area contributed by atoms with E-state index in [0.29, 0.717) is 0 Å². The van der Waals surface area contributed by atoms with E-state index in [1.807, 2.05) is 24.5 Å². The molecule has 0 fully saturated rings. The molecule has 8 heteroatoms. The van der Waals surface area contributed by atoms with Crippen molar-refractivity contribution in [1.29, 1.82) is 0 Å². The quantitative estimate of drug-likeness (QED) is 0.532. The van der Waals surface area contributed by atoms with Gasteiger partial charge in [-0.1, -0.05) is 0 Å². The molecule has 2 N–H and O–H groups in total. The number of halogens is 1. The summed E-state index contributed by atoms with van der Waals surface area (Å²) in [5.41, 5.74) is 9.85. The van der Waals surface area contributed by atoms with Crippen LogP contribution in [0.25, 0.3) is 21.5 Å². The van der Waals surface area contributed by atoms with E-state index < -0.39 is 0 Å². The number of hydrogen-bond acceptors (Lipinski definition) is 6. The molecule has 6 rings (SSSR count). The highest BCUT2D eigenvalue weighted by Gasteiger charge is 2.22. The molecule has 1 atom stereocenters. The molecular formula is C22H17FN6S. The Kier molecular flexibility index (Phi) is 3.98. The second-order valence-corrected chi connectivity index (χ2v) is 8.44. The predicted octanol–water partition coefficient (Wildman–Crippen LogP) is 3.89. The topological polar surface area (TPSA) is 78.3 Å². The van der Waals surface area contributed by atoms with Gasteiger partial charge in [-0.2, -0.15) is 9.49 Å². The van der Waals surface area contributed by atoms with Crippen LogP contribution in [0.1, 0.15) is 28.4 Å². The van der Waals surface area contributed by atoms with Crippen LogP contribution >= 0.6 is 11.3 Å². The summed E-state index contributed by atoms with van der Waals surface area (Å²) in [6.07, 6.45) is 6.49. The number of nitrogens with one attached hydrogen (secondary N) is 2. The molecule has 0 spiro atoms. The molecule has 0 aliphatic carbocycles. The van der Waals surface area contributed by atoms with Gasteiger partial charge in [-0.3, -0.25) is 9.98 Å². The van der Waals surface area contributed by atoms with Crippen molar-refractivity contribution >= 4 is 34.3 Å². The van der Waals surface area contributed by atoms with Crippen LogP contribution in [0.4, 0.5) is 4.39 Å². The highest BCUT2D eigenvalue weighted by molar-refractivity contribution is 7.14. The summed E-state index contributed by atoms with van der Waals surface area (Å²) in [7, 11) is 0. The number of rotatable bonds is 3. The van der Waals surface area contributed by atoms with Crippen molar-refractivity contribution in [1.82, 2.24) is 20.4 Å². The maximum atomic E-state index is 13.6. The third kappa shape index (κ3) is 2.83. The first kappa shape index (κ1) is 17.5. The highest BCUT2D eigenvalue weighted by Crippen LogP contribution is 2.34. The second kappa shape index (κ2) is 6.84.